The summed E-state index contributed by atoms with van der Waals surface area (Å²) in [5, 5.41) is 5.74. The fourth-order valence-electron chi connectivity index (χ4n) is 2.29. The highest BCUT2D eigenvalue weighted by atomic mass is 16.5. The molecule has 0 atom stereocenters. The maximum Gasteiger partial charge on any atom is 0.314 e. The minimum absolute atomic E-state index is 0.127. The fourth-order valence-corrected chi connectivity index (χ4v) is 2.29. The highest BCUT2D eigenvalue weighted by molar-refractivity contribution is 5.73. The van der Waals surface area contributed by atoms with Crippen LogP contribution < -0.4 is 10.6 Å². The number of methoxy groups -OCH3 is 1. The van der Waals surface area contributed by atoms with E-state index in [0.29, 0.717) is 13.1 Å². The second-order valence-electron chi connectivity index (χ2n) is 5.41. The fraction of sp³-hybridized carbons (Fsp3) is 0.600. The van der Waals surface area contributed by atoms with Crippen LogP contribution in [-0.4, -0.2) is 36.8 Å². The molecule has 20 heavy (non-hydrogen) atoms. The van der Waals surface area contributed by atoms with E-state index in [2.05, 4.69) is 15.6 Å². The number of nitrogens with one attached hydrogen (secondary N) is 2. The number of rotatable bonds is 6. The van der Waals surface area contributed by atoms with Crippen LogP contribution in [0.2, 0.25) is 0 Å². The van der Waals surface area contributed by atoms with Gasteiger partial charge in [0.15, 0.2) is 0 Å². The Morgan fingerprint density at radius 1 is 1.40 bits per heavy atom. The Hall–Kier alpha value is -1.62. The van der Waals surface area contributed by atoms with Gasteiger partial charge in [0, 0.05) is 32.1 Å². The first-order valence-electron chi connectivity index (χ1n) is 7.12. The van der Waals surface area contributed by atoms with Gasteiger partial charge in [0.2, 0.25) is 0 Å². The molecule has 1 aromatic rings. The van der Waals surface area contributed by atoms with Gasteiger partial charge in [0.1, 0.15) is 0 Å². The van der Waals surface area contributed by atoms with Crippen LogP contribution in [0.25, 0.3) is 0 Å². The summed E-state index contributed by atoms with van der Waals surface area (Å²) in [7, 11) is 1.71. The van der Waals surface area contributed by atoms with E-state index in [4.69, 9.17) is 4.74 Å². The van der Waals surface area contributed by atoms with E-state index in [1.54, 1.807) is 7.11 Å². The SMILES string of the molecule is COC1(CNC(=O)NCCc2ccc(C)nc2)CCC1. The first-order valence-corrected chi connectivity index (χ1v) is 7.12. The summed E-state index contributed by atoms with van der Waals surface area (Å²) in [5.74, 6) is 0. The number of amides is 2. The smallest absolute Gasteiger partial charge is 0.314 e. The van der Waals surface area contributed by atoms with Crippen molar-refractivity contribution in [3.8, 4) is 0 Å². The second kappa shape index (κ2) is 6.70. The Morgan fingerprint density at radius 2 is 2.20 bits per heavy atom. The van der Waals surface area contributed by atoms with E-state index >= 15 is 0 Å². The number of hydrogen-bond acceptors (Lipinski definition) is 3. The molecule has 0 unspecified atom stereocenters. The topological polar surface area (TPSA) is 63.2 Å². The molecule has 5 heteroatoms. The van der Waals surface area contributed by atoms with Crippen LogP contribution in [0.3, 0.4) is 0 Å². The lowest BCUT2D eigenvalue weighted by atomic mass is 9.80. The Balaban J connectivity index is 1.64. The van der Waals surface area contributed by atoms with Crippen LogP contribution in [0.5, 0.6) is 0 Å². The Morgan fingerprint density at radius 3 is 2.75 bits per heavy atom. The lowest BCUT2D eigenvalue weighted by molar-refractivity contribution is -0.0673. The summed E-state index contributed by atoms with van der Waals surface area (Å²) in [6.45, 7) is 3.15. The first kappa shape index (κ1) is 14.8. The van der Waals surface area contributed by atoms with Crippen molar-refractivity contribution in [1.29, 1.82) is 0 Å². The molecule has 0 radical (unpaired) electrons. The molecule has 1 fully saturated rings. The Bertz CT molecular complexity index is 435. The minimum atomic E-state index is -0.131. The van der Waals surface area contributed by atoms with E-state index in [1.807, 2.05) is 25.3 Å². The quantitative estimate of drug-likeness (QED) is 0.833. The molecule has 1 aliphatic carbocycles. The monoisotopic (exact) mass is 277 g/mol. The minimum Gasteiger partial charge on any atom is -0.376 e. The van der Waals surface area contributed by atoms with E-state index in [9.17, 15) is 4.79 Å². The van der Waals surface area contributed by atoms with Crippen LogP contribution in [0.1, 0.15) is 30.5 Å². The summed E-state index contributed by atoms with van der Waals surface area (Å²) in [6.07, 6.45) is 5.87. The zero-order valence-electron chi connectivity index (χ0n) is 12.2. The molecule has 110 valence electrons. The van der Waals surface area contributed by atoms with Crippen LogP contribution >= 0.6 is 0 Å². The van der Waals surface area contributed by atoms with Gasteiger partial charge < -0.3 is 15.4 Å². The van der Waals surface area contributed by atoms with Crippen molar-refractivity contribution in [2.45, 2.75) is 38.2 Å². The Labute approximate surface area is 120 Å². The zero-order valence-corrected chi connectivity index (χ0v) is 12.2. The van der Waals surface area contributed by atoms with Crippen molar-refractivity contribution in [1.82, 2.24) is 15.6 Å². The maximum atomic E-state index is 11.7. The molecule has 0 aromatic carbocycles. The van der Waals surface area contributed by atoms with Crippen molar-refractivity contribution >= 4 is 6.03 Å². The third-order valence-corrected chi connectivity index (χ3v) is 3.94. The second-order valence-corrected chi connectivity index (χ2v) is 5.41. The van der Waals surface area contributed by atoms with Gasteiger partial charge in [0.25, 0.3) is 0 Å². The number of pyridine rings is 1. The number of aryl methyl sites for hydroxylation is 1. The van der Waals surface area contributed by atoms with Crippen molar-refractivity contribution < 1.29 is 9.53 Å². The molecule has 2 amide bonds. The molecule has 0 bridgehead atoms. The lowest BCUT2D eigenvalue weighted by Gasteiger charge is -2.40. The molecule has 1 aromatic heterocycles. The number of carbonyl (C=O) groups is 1. The van der Waals surface area contributed by atoms with Crippen LogP contribution in [-0.2, 0) is 11.2 Å². The lowest BCUT2D eigenvalue weighted by Crippen LogP contribution is -2.51. The maximum absolute atomic E-state index is 11.7. The number of carbonyl (C=O) groups excluding carboxylic acids is 1. The van der Waals surface area contributed by atoms with Crippen molar-refractivity contribution in [3.05, 3.63) is 29.6 Å². The van der Waals surface area contributed by atoms with Crippen LogP contribution in [0.4, 0.5) is 4.79 Å². The number of ether oxygens (including phenoxy) is 1. The van der Waals surface area contributed by atoms with E-state index in [1.165, 1.54) is 6.42 Å². The van der Waals surface area contributed by atoms with Crippen molar-refractivity contribution in [2.75, 3.05) is 20.2 Å². The van der Waals surface area contributed by atoms with Gasteiger partial charge in [-0.3, -0.25) is 4.98 Å². The summed E-state index contributed by atoms with van der Waals surface area (Å²) in [6, 6.07) is 3.89. The molecule has 1 heterocycles. The number of nitrogens with zero attached hydrogens (tertiary/aromatic N) is 1. The molecule has 2 N–H and O–H groups in total. The third kappa shape index (κ3) is 3.93. The van der Waals surface area contributed by atoms with E-state index in [-0.39, 0.29) is 11.6 Å². The summed E-state index contributed by atoms with van der Waals surface area (Å²) < 4.78 is 5.46. The van der Waals surface area contributed by atoms with Gasteiger partial charge in [0.05, 0.1) is 5.60 Å². The molecule has 1 saturated carbocycles. The standard InChI is InChI=1S/C15H23N3O2/c1-12-4-5-13(10-17-12)6-9-16-14(19)18-11-15(20-2)7-3-8-15/h4-5,10H,3,6-9,11H2,1-2H3,(H2,16,18,19). The van der Waals surface area contributed by atoms with Crippen LogP contribution in [0, 0.1) is 6.92 Å². The average molecular weight is 277 g/mol. The zero-order chi connectivity index (χ0) is 14.4. The normalized spacial score (nSPS) is 16.3. The van der Waals surface area contributed by atoms with Gasteiger partial charge >= 0.3 is 6.03 Å². The molecule has 5 nitrogen and oxygen atoms in total. The van der Waals surface area contributed by atoms with Gasteiger partial charge in [-0.15, -0.1) is 0 Å². The molecule has 1 aliphatic rings. The molecular formula is C15H23N3O2. The third-order valence-electron chi connectivity index (χ3n) is 3.94. The average Bonchev–Trinajstić information content (AvgIpc) is 2.40. The molecule has 0 spiro atoms. The van der Waals surface area contributed by atoms with Gasteiger partial charge in [-0.25, -0.2) is 4.79 Å². The molecule has 0 saturated heterocycles. The molecule has 0 aliphatic heterocycles. The van der Waals surface area contributed by atoms with Gasteiger partial charge in [-0.1, -0.05) is 6.07 Å². The molecule has 2 rings (SSSR count). The summed E-state index contributed by atoms with van der Waals surface area (Å²) >= 11 is 0. The van der Waals surface area contributed by atoms with Gasteiger partial charge in [-0.2, -0.15) is 0 Å². The van der Waals surface area contributed by atoms with E-state index in [0.717, 1.165) is 30.5 Å². The Kier molecular flexibility index (Phi) is 4.95. The highest BCUT2D eigenvalue weighted by Gasteiger charge is 2.37. The largest absolute Gasteiger partial charge is 0.376 e. The molecular weight excluding hydrogens is 254 g/mol. The number of urea groups is 1. The van der Waals surface area contributed by atoms with Crippen molar-refractivity contribution in [3.63, 3.8) is 0 Å². The first-order chi connectivity index (χ1) is 9.63. The highest BCUT2D eigenvalue weighted by Crippen LogP contribution is 2.34. The number of aromatic nitrogens is 1. The summed E-state index contributed by atoms with van der Waals surface area (Å²) in [4.78, 5) is 15.9. The van der Waals surface area contributed by atoms with Gasteiger partial charge in [-0.05, 0) is 44.2 Å². The predicted molar refractivity (Wildman–Crippen MR) is 77.7 cm³/mol. The van der Waals surface area contributed by atoms with Crippen LogP contribution in [0.15, 0.2) is 18.3 Å². The predicted octanol–water partition coefficient (Wildman–Crippen LogP) is 1.80. The summed E-state index contributed by atoms with van der Waals surface area (Å²) in [5.41, 5.74) is 2.01. The number of hydrogen-bond donors (Lipinski definition) is 2. The van der Waals surface area contributed by atoms with Crippen molar-refractivity contribution in [2.24, 2.45) is 0 Å². The van der Waals surface area contributed by atoms with E-state index < -0.39 is 0 Å².